The van der Waals surface area contributed by atoms with Crippen LogP contribution in [0.4, 0.5) is 0 Å². The predicted octanol–water partition coefficient (Wildman–Crippen LogP) is 5.97. The molecule has 0 aromatic carbocycles. The van der Waals surface area contributed by atoms with E-state index in [9.17, 15) is 0 Å². The molecule has 0 spiro atoms. The summed E-state index contributed by atoms with van der Waals surface area (Å²) in [5.41, 5.74) is 1.64. The molecule has 0 aromatic rings. The summed E-state index contributed by atoms with van der Waals surface area (Å²) in [6, 6.07) is 0.0746. The summed E-state index contributed by atoms with van der Waals surface area (Å²) in [7, 11) is 2.27. The van der Waals surface area contributed by atoms with Crippen LogP contribution >= 0.6 is 0 Å². The molecule has 2 heteroatoms. The van der Waals surface area contributed by atoms with Gasteiger partial charge in [0.1, 0.15) is 7.28 Å². The van der Waals surface area contributed by atoms with E-state index in [4.69, 9.17) is 4.99 Å². The number of rotatable bonds is 8. The van der Waals surface area contributed by atoms with E-state index in [0.717, 1.165) is 17.7 Å². The van der Waals surface area contributed by atoms with Crippen molar-refractivity contribution < 1.29 is 0 Å². The highest BCUT2D eigenvalue weighted by molar-refractivity contribution is 6.37. The maximum Gasteiger partial charge on any atom is 0.113 e. The van der Waals surface area contributed by atoms with Crippen LogP contribution < -0.4 is 0 Å². The highest BCUT2D eigenvalue weighted by Crippen LogP contribution is 2.50. The van der Waals surface area contributed by atoms with Crippen molar-refractivity contribution in [3.63, 3.8) is 0 Å². The van der Waals surface area contributed by atoms with Crippen LogP contribution in [0.1, 0.15) is 61.8 Å². The Balaban J connectivity index is 6.19. The minimum atomic E-state index is -0.209. The Morgan fingerprint density at radius 2 is 1.78 bits per heavy atom. The van der Waals surface area contributed by atoms with Gasteiger partial charge in [0.25, 0.3) is 0 Å². The molecule has 0 aromatic heterocycles. The first-order valence-corrected chi connectivity index (χ1v) is 8.48. The Labute approximate surface area is 146 Å². The second kappa shape index (κ2) is 8.05. The van der Waals surface area contributed by atoms with Gasteiger partial charge in [-0.05, 0) is 39.7 Å². The van der Waals surface area contributed by atoms with E-state index >= 15 is 0 Å². The number of aliphatic imine (C=N–C) groups is 1. The fourth-order valence-corrected chi connectivity index (χ4v) is 3.03. The molecule has 0 aliphatic heterocycles. The van der Waals surface area contributed by atoms with Crippen LogP contribution in [0.2, 0.25) is 12.1 Å². The Morgan fingerprint density at radius 1 is 1.26 bits per heavy atom. The van der Waals surface area contributed by atoms with Crippen LogP contribution in [0.25, 0.3) is 0 Å². The summed E-state index contributed by atoms with van der Waals surface area (Å²) in [6.07, 6.45) is 2.84. The van der Waals surface area contributed by atoms with E-state index in [1.165, 1.54) is 0 Å². The highest BCUT2D eigenvalue weighted by atomic mass is 14.8. The zero-order chi connectivity index (χ0) is 18.5. The standard InChI is InChI=1S/C21H35BN/c1-12-14-21(10,15-19(6,7)22-11)20(8,9)18(16(3)4)23-17(5)13-2/h13,17H,2-3,15H2,1,4-11H3. The van der Waals surface area contributed by atoms with E-state index in [1.807, 2.05) is 19.9 Å². The summed E-state index contributed by atoms with van der Waals surface area (Å²) in [6.45, 7) is 27.4. The first-order valence-electron chi connectivity index (χ1n) is 8.48. The Bertz CT molecular complexity index is 528. The summed E-state index contributed by atoms with van der Waals surface area (Å²) >= 11 is 0. The van der Waals surface area contributed by atoms with Gasteiger partial charge in [-0.25, -0.2) is 0 Å². The number of hydrogen-bond acceptors (Lipinski definition) is 1. The van der Waals surface area contributed by atoms with Gasteiger partial charge in [-0.1, -0.05) is 58.4 Å². The third-order valence-electron chi connectivity index (χ3n) is 5.04. The molecule has 0 amide bonds. The lowest BCUT2D eigenvalue weighted by atomic mass is 9.47. The molecule has 127 valence electrons. The average Bonchev–Trinajstić information content (AvgIpc) is 2.43. The molecule has 0 heterocycles. The molecule has 2 atom stereocenters. The summed E-state index contributed by atoms with van der Waals surface area (Å²) < 4.78 is 0. The van der Waals surface area contributed by atoms with E-state index in [0.29, 0.717) is 0 Å². The summed E-state index contributed by atoms with van der Waals surface area (Å²) in [4.78, 5) is 4.89. The molecular weight excluding hydrogens is 277 g/mol. The Morgan fingerprint density at radius 3 is 2.13 bits per heavy atom. The molecule has 23 heavy (non-hydrogen) atoms. The average molecular weight is 312 g/mol. The number of nitrogens with zero attached hydrogens (tertiary/aromatic N) is 1. The SMILES string of the molecule is C=CC(C)N=C(C(=C)C)C(C)(C)C(C)(C#CC)CC(C)(C)[B]C. The molecule has 0 saturated heterocycles. The molecule has 1 nitrogen and oxygen atoms in total. The first kappa shape index (κ1) is 21.8. The van der Waals surface area contributed by atoms with Gasteiger partial charge in [0.05, 0.1) is 6.04 Å². The predicted molar refractivity (Wildman–Crippen MR) is 108 cm³/mol. The van der Waals surface area contributed by atoms with E-state index in [2.05, 4.69) is 80.6 Å². The minimum absolute atomic E-state index is 0.0746. The summed E-state index contributed by atoms with van der Waals surface area (Å²) in [5.74, 6) is 6.65. The van der Waals surface area contributed by atoms with Crippen LogP contribution in [0.3, 0.4) is 0 Å². The van der Waals surface area contributed by atoms with Gasteiger partial charge in [0.2, 0.25) is 0 Å². The van der Waals surface area contributed by atoms with Crippen molar-refractivity contribution >= 4 is 13.0 Å². The maximum atomic E-state index is 4.89. The maximum absolute atomic E-state index is 4.89. The van der Waals surface area contributed by atoms with Crippen molar-refractivity contribution in [2.45, 2.75) is 80.0 Å². The normalized spacial score (nSPS) is 16.7. The Kier molecular flexibility index (Phi) is 7.62. The van der Waals surface area contributed by atoms with Crippen molar-refractivity contribution in [1.29, 1.82) is 0 Å². The van der Waals surface area contributed by atoms with Gasteiger partial charge in [-0.2, -0.15) is 0 Å². The van der Waals surface area contributed by atoms with Crippen LogP contribution in [0.15, 0.2) is 29.8 Å². The van der Waals surface area contributed by atoms with Gasteiger partial charge < -0.3 is 0 Å². The Hall–Kier alpha value is -1.23. The van der Waals surface area contributed by atoms with Crippen LogP contribution in [-0.2, 0) is 0 Å². The molecular formula is C21H35BN. The smallest absolute Gasteiger partial charge is 0.113 e. The van der Waals surface area contributed by atoms with E-state index < -0.39 is 0 Å². The third-order valence-corrected chi connectivity index (χ3v) is 5.04. The molecule has 2 unspecified atom stereocenters. The third kappa shape index (κ3) is 5.41. The van der Waals surface area contributed by atoms with Gasteiger partial charge in [-0.15, -0.1) is 12.5 Å². The molecule has 0 bridgehead atoms. The fourth-order valence-electron chi connectivity index (χ4n) is 3.03. The molecule has 0 N–H and O–H groups in total. The van der Waals surface area contributed by atoms with Crippen molar-refractivity contribution in [3.8, 4) is 11.8 Å². The summed E-state index contributed by atoms with van der Waals surface area (Å²) in [5, 5.41) is 0.111. The molecule has 0 fully saturated rings. The van der Waals surface area contributed by atoms with Crippen LogP contribution in [0.5, 0.6) is 0 Å². The quantitative estimate of drug-likeness (QED) is 0.226. The van der Waals surface area contributed by atoms with Crippen molar-refractivity contribution in [3.05, 3.63) is 24.8 Å². The molecule has 1 radical (unpaired) electrons. The second-order valence-corrected chi connectivity index (χ2v) is 8.02. The lowest BCUT2D eigenvalue weighted by Gasteiger charge is -2.46. The zero-order valence-electron chi connectivity index (χ0n) is 16.8. The molecule has 0 aliphatic carbocycles. The van der Waals surface area contributed by atoms with Crippen LogP contribution in [0, 0.1) is 22.7 Å². The fraction of sp³-hybridized carbons (Fsp3) is 0.667. The molecule has 0 aliphatic rings. The van der Waals surface area contributed by atoms with Gasteiger partial charge in [-0.3, -0.25) is 4.99 Å². The number of hydrogen-bond donors (Lipinski definition) is 0. The van der Waals surface area contributed by atoms with Crippen molar-refractivity contribution in [1.82, 2.24) is 0 Å². The van der Waals surface area contributed by atoms with E-state index in [-0.39, 0.29) is 22.2 Å². The van der Waals surface area contributed by atoms with Crippen molar-refractivity contribution in [2.75, 3.05) is 0 Å². The largest absolute Gasteiger partial charge is 0.282 e. The number of allylic oxidation sites excluding steroid dienone is 1. The lowest BCUT2D eigenvalue weighted by Crippen LogP contribution is -2.44. The van der Waals surface area contributed by atoms with Gasteiger partial charge >= 0.3 is 0 Å². The molecule has 0 saturated carbocycles. The van der Waals surface area contributed by atoms with Crippen LogP contribution in [-0.4, -0.2) is 19.0 Å². The second-order valence-electron chi connectivity index (χ2n) is 8.02. The van der Waals surface area contributed by atoms with Gasteiger partial charge in [0.15, 0.2) is 0 Å². The minimum Gasteiger partial charge on any atom is -0.282 e. The van der Waals surface area contributed by atoms with Crippen molar-refractivity contribution in [2.24, 2.45) is 15.8 Å². The highest BCUT2D eigenvalue weighted by Gasteiger charge is 2.46. The first-order chi connectivity index (χ1) is 10.4. The van der Waals surface area contributed by atoms with E-state index in [1.54, 1.807) is 0 Å². The topological polar surface area (TPSA) is 12.4 Å². The lowest BCUT2D eigenvalue weighted by molar-refractivity contribution is 0.203. The van der Waals surface area contributed by atoms with Gasteiger partial charge in [0, 0.05) is 16.5 Å². The zero-order valence-corrected chi connectivity index (χ0v) is 16.8. The molecule has 0 rings (SSSR count). The monoisotopic (exact) mass is 312 g/mol.